The second-order valence-corrected chi connectivity index (χ2v) is 11.6. The molecule has 0 aliphatic carbocycles. The molecule has 0 aromatic heterocycles. The van der Waals surface area contributed by atoms with Crippen LogP contribution in [0.5, 0.6) is 0 Å². The number of hydrogen-bond acceptors (Lipinski definition) is 5. The van der Waals surface area contributed by atoms with Crippen LogP contribution in [0.1, 0.15) is 49.0 Å². The summed E-state index contributed by atoms with van der Waals surface area (Å²) in [6.45, 7) is 5.84. The Morgan fingerprint density at radius 2 is 1.81 bits per heavy atom. The Labute approximate surface area is 246 Å². The highest BCUT2D eigenvalue weighted by Gasteiger charge is 2.35. The zero-order valence-electron chi connectivity index (χ0n) is 23.5. The first kappa shape index (κ1) is 32.0. The number of rotatable bonds is 8. The SMILES string of the molecule is C[C@H]1CN(c2cc(Cl)ccc2NC(=O)c2ccc(CNC(=O)C3(C)CCNCC3)c(F)c2F)CCN1CCC(F)(F)F. The van der Waals surface area contributed by atoms with Gasteiger partial charge in [0.15, 0.2) is 11.6 Å². The van der Waals surface area contributed by atoms with Crippen LogP contribution in [-0.2, 0) is 11.3 Å². The largest absolute Gasteiger partial charge is 0.390 e. The molecule has 2 heterocycles. The van der Waals surface area contributed by atoms with Gasteiger partial charge in [-0.05, 0) is 57.1 Å². The molecule has 2 saturated heterocycles. The van der Waals surface area contributed by atoms with E-state index >= 15 is 4.39 Å². The fourth-order valence-electron chi connectivity index (χ4n) is 5.37. The smallest absolute Gasteiger partial charge is 0.367 e. The van der Waals surface area contributed by atoms with Gasteiger partial charge in [-0.2, -0.15) is 13.2 Å². The van der Waals surface area contributed by atoms with Crippen LogP contribution in [0.3, 0.4) is 0 Å². The summed E-state index contributed by atoms with van der Waals surface area (Å²) >= 11 is 6.21. The lowest BCUT2D eigenvalue weighted by atomic mass is 9.80. The average molecular weight is 616 g/mol. The van der Waals surface area contributed by atoms with Gasteiger partial charge in [0.05, 0.1) is 23.4 Å². The molecule has 0 bridgehead atoms. The van der Waals surface area contributed by atoms with Crippen LogP contribution < -0.4 is 20.9 Å². The number of alkyl halides is 3. The quantitative estimate of drug-likeness (QED) is 0.350. The fourth-order valence-corrected chi connectivity index (χ4v) is 5.54. The fraction of sp³-hybridized carbons (Fsp3) is 0.517. The molecular weight excluding hydrogens is 581 g/mol. The number of piperazine rings is 1. The van der Waals surface area contributed by atoms with E-state index in [1.165, 1.54) is 24.3 Å². The zero-order chi connectivity index (χ0) is 30.7. The number of anilines is 2. The second-order valence-electron chi connectivity index (χ2n) is 11.2. The maximum atomic E-state index is 15.1. The Hall–Kier alpha value is -2.96. The normalized spacial score (nSPS) is 19.4. The third-order valence-electron chi connectivity index (χ3n) is 8.10. The number of amides is 2. The summed E-state index contributed by atoms with van der Waals surface area (Å²) in [6, 6.07) is 6.91. The van der Waals surface area contributed by atoms with E-state index in [0.29, 0.717) is 62.0 Å². The molecule has 2 aromatic rings. The molecule has 230 valence electrons. The molecule has 2 aliphatic rings. The summed E-state index contributed by atoms with van der Waals surface area (Å²) in [7, 11) is 0. The third-order valence-corrected chi connectivity index (χ3v) is 8.33. The lowest BCUT2D eigenvalue weighted by molar-refractivity contribution is -0.139. The highest BCUT2D eigenvalue weighted by Crippen LogP contribution is 2.33. The molecule has 2 amide bonds. The first-order chi connectivity index (χ1) is 19.8. The molecule has 7 nitrogen and oxygen atoms in total. The predicted octanol–water partition coefficient (Wildman–Crippen LogP) is 5.34. The number of carbonyl (C=O) groups excluding carboxylic acids is 2. The third kappa shape index (κ3) is 7.70. The van der Waals surface area contributed by atoms with Gasteiger partial charge in [0.2, 0.25) is 5.91 Å². The van der Waals surface area contributed by atoms with Gasteiger partial charge in [-0.3, -0.25) is 14.5 Å². The summed E-state index contributed by atoms with van der Waals surface area (Å²) in [4.78, 5) is 29.4. The van der Waals surface area contributed by atoms with E-state index < -0.39 is 41.1 Å². The van der Waals surface area contributed by atoms with Crippen molar-refractivity contribution < 1.29 is 31.5 Å². The van der Waals surface area contributed by atoms with Crippen molar-refractivity contribution in [2.45, 2.75) is 51.9 Å². The van der Waals surface area contributed by atoms with Crippen molar-refractivity contribution in [3.8, 4) is 0 Å². The number of halogens is 6. The minimum absolute atomic E-state index is 0.0838. The van der Waals surface area contributed by atoms with Crippen LogP contribution in [0.25, 0.3) is 0 Å². The van der Waals surface area contributed by atoms with Crippen molar-refractivity contribution >= 4 is 34.8 Å². The highest BCUT2D eigenvalue weighted by atomic mass is 35.5. The van der Waals surface area contributed by atoms with E-state index in [0.717, 1.165) is 0 Å². The number of hydrogen-bond donors (Lipinski definition) is 3. The second kappa shape index (κ2) is 13.1. The lowest BCUT2D eigenvalue weighted by Crippen LogP contribution is -2.52. The summed E-state index contributed by atoms with van der Waals surface area (Å²) in [5.74, 6) is -3.69. The summed E-state index contributed by atoms with van der Waals surface area (Å²) in [5.41, 5.74) is -0.376. The zero-order valence-corrected chi connectivity index (χ0v) is 24.3. The van der Waals surface area contributed by atoms with Crippen LogP contribution in [-0.4, -0.2) is 68.2 Å². The number of carbonyl (C=O) groups is 2. The number of piperidine rings is 1. The molecule has 0 unspecified atom stereocenters. The van der Waals surface area contributed by atoms with Crippen molar-refractivity contribution in [1.82, 2.24) is 15.5 Å². The maximum absolute atomic E-state index is 15.1. The minimum Gasteiger partial charge on any atom is -0.367 e. The molecule has 0 radical (unpaired) electrons. The molecule has 4 rings (SSSR count). The average Bonchev–Trinajstić information content (AvgIpc) is 2.93. The predicted molar refractivity (Wildman–Crippen MR) is 152 cm³/mol. The first-order valence-electron chi connectivity index (χ1n) is 13.9. The summed E-state index contributed by atoms with van der Waals surface area (Å²) in [5, 5.41) is 8.87. The molecule has 2 aliphatic heterocycles. The Morgan fingerprint density at radius 1 is 1.10 bits per heavy atom. The first-order valence-corrected chi connectivity index (χ1v) is 14.3. The number of nitrogens with one attached hydrogen (secondary N) is 3. The van der Waals surface area contributed by atoms with Crippen LogP contribution >= 0.6 is 11.6 Å². The van der Waals surface area contributed by atoms with Crippen molar-refractivity contribution in [2.24, 2.45) is 5.41 Å². The standard InChI is InChI=1S/C29H35ClF5N5O2/c1-18-17-40(14-13-39(18)12-9-29(33,34)35)23-15-20(30)4-6-22(23)38-26(41)21-5-3-19(24(31)25(21)32)16-37-27(42)28(2)7-10-36-11-8-28/h3-6,15,18,36H,7-14,16-17H2,1-2H3,(H,37,42)(H,38,41)/t18-/m0/s1. The molecule has 1 atom stereocenters. The van der Waals surface area contributed by atoms with E-state index in [9.17, 15) is 27.2 Å². The lowest BCUT2D eigenvalue weighted by Gasteiger charge is -2.41. The van der Waals surface area contributed by atoms with E-state index in [2.05, 4.69) is 16.0 Å². The van der Waals surface area contributed by atoms with Crippen LogP contribution in [0.4, 0.5) is 33.3 Å². The summed E-state index contributed by atoms with van der Waals surface area (Å²) in [6.07, 6.45) is -3.88. The molecule has 2 aromatic carbocycles. The number of nitrogens with zero attached hydrogens (tertiary/aromatic N) is 2. The van der Waals surface area contributed by atoms with Gasteiger partial charge in [0, 0.05) is 54.8 Å². The van der Waals surface area contributed by atoms with Crippen LogP contribution in [0.15, 0.2) is 30.3 Å². The Bertz CT molecular complexity index is 1300. The summed E-state index contributed by atoms with van der Waals surface area (Å²) < 4.78 is 68.2. The van der Waals surface area contributed by atoms with Crippen LogP contribution in [0, 0.1) is 17.0 Å². The minimum atomic E-state index is -4.24. The van der Waals surface area contributed by atoms with Crippen LogP contribution in [0.2, 0.25) is 5.02 Å². The molecule has 13 heteroatoms. The molecular formula is C29H35ClF5N5O2. The van der Waals surface area contributed by atoms with Gasteiger partial charge >= 0.3 is 6.18 Å². The van der Waals surface area contributed by atoms with Gasteiger partial charge in [-0.1, -0.05) is 24.6 Å². The molecule has 0 saturated carbocycles. The van der Waals surface area contributed by atoms with E-state index in [1.807, 2.05) is 18.7 Å². The highest BCUT2D eigenvalue weighted by molar-refractivity contribution is 6.31. The number of benzene rings is 2. The topological polar surface area (TPSA) is 76.7 Å². The van der Waals surface area contributed by atoms with Crippen molar-refractivity contribution in [1.29, 1.82) is 0 Å². The Kier molecular flexibility index (Phi) is 9.99. The monoisotopic (exact) mass is 615 g/mol. The molecule has 42 heavy (non-hydrogen) atoms. The van der Waals surface area contributed by atoms with Gasteiger partial charge in [-0.25, -0.2) is 8.78 Å². The Morgan fingerprint density at radius 3 is 2.48 bits per heavy atom. The van der Waals surface area contributed by atoms with E-state index in [1.54, 1.807) is 11.0 Å². The van der Waals surface area contributed by atoms with Gasteiger partial charge in [0.25, 0.3) is 5.91 Å². The van der Waals surface area contributed by atoms with Crippen molar-refractivity contribution in [2.75, 3.05) is 49.5 Å². The molecule has 0 spiro atoms. The molecule has 2 fully saturated rings. The molecule has 3 N–H and O–H groups in total. The Balaban J connectivity index is 1.44. The van der Waals surface area contributed by atoms with Gasteiger partial charge in [0.1, 0.15) is 0 Å². The van der Waals surface area contributed by atoms with Crippen molar-refractivity contribution in [3.63, 3.8) is 0 Å². The maximum Gasteiger partial charge on any atom is 0.390 e. The van der Waals surface area contributed by atoms with E-state index in [-0.39, 0.29) is 30.6 Å². The van der Waals surface area contributed by atoms with Gasteiger partial charge in [-0.15, -0.1) is 0 Å². The van der Waals surface area contributed by atoms with E-state index in [4.69, 9.17) is 11.6 Å². The van der Waals surface area contributed by atoms with Gasteiger partial charge < -0.3 is 20.9 Å². The van der Waals surface area contributed by atoms with Crippen molar-refractivity contribution in [3.05, 3.63) is 58.1 Å².